The molecule has 148 valence electrons. The molecule has 0 heterocycles. The largest absolute Gasteiger partial charge is 0.493 e. The topological polar surface area (TPSA) is 55.5 Å². The lowest BCUT2D eigenvalue weighted by Gasteiger charge is -2.21. The van der Waals surface area contributed by atoms with E-state index in [9.17, 15) is 18.3 Å². The highest BCUT2D eigenvalue weighted by atomic mass is 19.4. The Balaban J connectivity index is 2.05. The van der Waals surface area contributed by atoms with E-state index in [4.69, 9.17) is 10.5 Å². The number of unbranched alkanes of at least 4 members (excludes halogenated alkanes) is 4. The van der Waals surface area contributed by atoms with Crippen molar-refractivity contribution in [2.75, 3.05) is 13.2 Å². The molecule has 2 rings (SSSR count). The molecule has 0 aromatic heterocycles. The van der Waals surface area contributed by atoms with Gasteiger partial charge in [-0.3, -0.25) is 0 Å². The summed E-state index contributed by atoms with van der Waals surface area (Å²) in [5, 5.41) is 9.37. The highest BCUT2D eigenvalue weighted by Crippen LogP contribution is 2.43. The molecule has 0 aliphatic heterocycles. The number of hydrogen-bond acceptors (Lipinski definition) is 3. The van der Waals surface area contributed by atoms with Crippen molar-refractivity contribution in [1.82, 2.24) is 0 Å². The van der Waals surface area contributed by atoms with E-state index in [1.165, 1.54) is 12.1 Å². The summed E-state index contributed by atoms with van der Waals surface area (Å²) < 4.78 is 45.8. The number of hydrogen-bond donors (Lipinski definition) is 2. The minimum atomic E-state index is -4.46. The molecule has 1 aromatic rings. The first-order valence-electron chi connectivity index (χ1n) is 9.53. The number of benzene rings is 1. The lowest BCUT2D eigenvalue weighted by Crippen LogP contribution is -2.40. The molecule has 0 saturated heterocycles. The van der Waals surface area contributed by atoms with Crippen molar-refractivity contribution >= 4 is 0 Å². The summed E-state index contributed by atoms with van der Waals surface area (Å²) in [6.07, 6.45) is 2.42. The molecule has 1 saturated carbocycles. The minimum absolute atomic E-state index is 0.0589. The summed E-state index contributed by atoms with van der Waals surface area (Å²) in [6, 6.07) is 4.33. The van der Waals surface area contributed by atoms with Crippen LogP contribution >= 0.6 is 0 Å². The maximum atomic E-state index is 13.5. The Morgan fingerprint density at radius 1 is 1.23 bits per heavy atom. The Hall–Kier alpha value is -1.27. The third-order valence-electron chi connectivity index (χ3n) is 5.24. The molecule has 26 heavy (non-hydrogen) atoms. The predicted molar refractivity (Wildman–Crippen MR) is 96.3 cm³/mol. The Kier molecular flexibility index (Phi) is 7.35. The zero-order valence-corrected chi connectivity index (χ0v) is 15.4. The normalized spacial score (nSPS) is 23.4. The summed E-state index contributed by atoms with van der Waals surface area (Å²) in [4.78, 5) is 0. The van der Waals surface area contributed by atoms with E-state index in [-0.39, 0.29) is 18.3 Å². The average molecular weight is 373 g/mol. The number of nitrogens with two attached hydrogens (primary N) is 1. The van der Waals surface area contributed by atoms with Gasteiger partial charge < -0.3 is 15.6 Å². The molecule has 1 aromatic carbocycles. The van der Waals surface area contributed by atoms with Crippen LogP contribution in [0, 0.1) is 0 Å². The van der Waals surface area contributed by atoms with E-state index in [0.29, 0.717) is 31.4 Å². The van der Waals surface area contributed by atoms with Crippen LogP contribution in [0.2, 0.25) is 0 Å². The first-order chi connectivity index (χ1) is 12.3. The molecule has 6 heteroatoms. The second-order valence-corrected chi connectivity index (χ2v) is 7.48. The van der Waals surface area contributed by atoms with Gasteiger partial charge in [0.1, 0.15) is 5.75 Å². The monoisotopic (exact) mass is 373 g/mol. The van der Waals surface area contributed by atoms with Gasteiger partial charge in [-0.1, -0.05) is 38.7 Å². The molecule has 1 aliphatic rings. The Labute approximate surface area is 153 Å². The van der Waals surface area contributed by atoms with Gasteiger partial charge >= 0.3 is 6.18 Å². The van der Waals surface area contributed by atoms with Gasteiger partial charge in [-0.15, -0.1) is 0 Å². The van der Waals surface area contributed by atoms with Gasteiger partial charge in [0.05, 0.1) is 18.8 Å². The van der Waals surface area contributed by atoms with Gasteiger partial charge in [0.2, 0.25) is 0 Å². The number of rotatable bonds is 9. The summed E-state index contributed by atoms with van der Waals surface area (Å²) >= 11 is 0. The quantitative estimate of drug-likeness (QED) is 0.598. The fraction of sp³-hybridized carbons (Fsp3) is 0.700. The SMILES string of the molecule is CCCCCCCOc1ccc(C2CCC(N)(CO)C2)cc1C(F)(F)F. The van der Waals surface area contributed by atoms with Gasteiger partial charge in [-0.05, 0) is 49.3 Å². The molecule has 3 N–H and O–H groups in total. The fourth-order valence-electron chi connectivity index (χ4n) is 3.62. The summed E-state index contributed by atoms with van der Waals surface area (Å²) in [5.41, 5.74) is 5.27. The van der Waals surface area contributed by atoms with Crippen molar-refractivity contribution in [1.29, 1.82) is 0 Å². The van der Waals surface area contributed by atoms with Crippen molar-refractivity contribution in [2.45, 2.75) is 75.9 Å². The molecule has 3 nitrogen and oxygen atoms in total. The number of aliphatic hydroxyl groups is 1. The summed E-state index contributed by atoms with van der Waals surface area (Å²) in [7, 11) is 0. The van der Waals surface area contributed by atoms with Gasteiger partial charge in [0.15, 0.2) is 0 Å². The van der Waals surface area contributed by atoms with Crippen molar-refractivity contribution in [2.24, 2.45) is 5.73 Å². The van der Waals surface area contributed by atoms with Crippen LogP contribution in [-0.2, 0) is 6.18 Å². The number of aliphatic hydroxyl groups excluding tert-OH is 1. The zero-order chi connectivity index (χ0) is 19.2. The standard InChI is InChI=1S/C20H30F3NO2/c1-2-3-4-5-6-11-26-18-8-7-15(12-17(18)20(21,22)23)16-9-10-19(24,13-16)14-25/h7-8,12,16,25H,2-6,9-11,13-14,24H2,1H3. The van der Waals surface area contributed by atoms with Crippen LogP contribution in [0.15, 0.2) is 18.2 Å². The van der Waals surface area contributed by atoms with Crippen LogP contribution in [0.5, 0.6) is 5.75 Å². The van der Waals surface area contributed by atoms with Crippen molar-refractivity contribution in [3.05, 3.63) is 29.3 Å². The third kappa shape index (κ3) is 5.61. The molecule has 2 unspecified atom stereocenters. The Morgan fingerprint density at radius 3 is 2.58 bits per heavy atom. The lowest BCUT2D eigenvalue weighted by molar-refractivity contribution is -0.139. The van der Waals surface area contributed by atoms with E-state index >= 15 is 0 Å². The summed E-state index contributed by atoms with van der Waals surface area (Å²) in [5.74, 6) is -0.160. The van der Waals surface area contributed by atoms with Crippen LogP contribution in [-0.4, -0.2) is 23.9 Å². The van der Waals surface area contributed by atoms with Gasteiger partial charge in [0.25, 0.3) is 0 Å². The first kappa shape index (κ1) is 21.0. The van der Waals surface area contributed by atoms with Gasteiger partial charge in [-0.2, -0.15) is 13.2 Å². The maximum Gasteiger partial charge on any atom is 0.419 e. The summed E-state index contributed by atoms with van der Waals surface area (Å²) in [6.45, 7) is 2.27. The smallest absolute Gasteiger partial charge is 0.419 e. The van der Waals surface area contributed by atoms with Crippen LogP contribution in [0.25, 0.3) is 0 Å². The second kappa shape index (κ2) is 9.09. The minimum Gasteiger partial charge on any atom is -0.493 e. The number of alkyl halides is 3. The second-order valence-electron chi connectivity index (χ2n) is 7.48. The molecule has 0 amide bonds. The molecule has 1 fully saturated rings. The van der Waals surface area contributed by atoms with E-state index in [1.54, 1.807) is 6.07 Å². The molecule has 0 bridgehead atoms. The van der Waals surface area contributed by atoms with E-state index in [1.807, 2.05) is 0 Å². The lowest BCUT2D eigenvalue weighted by atomic mass is 9.92. The van der Waals surface area contributed by atoms with Gasteiger partial charge in [0, 0.05) is 5.54 Å². The fourth-order valence-corrected chi connectivity index (χ4v) is 3.62. The van der Waals surface area contributed by atoms with E-state index in [2.05, 4.69) is 6.92 Å². The zero-order valence-electron chi connectivity index (χ0n) is 15.4. The molecular formula is C20H30F3NO2. The molecule has 0 radical (unpaired) electrons. The molecule has 1 aliphatic carbocycles. The van der Waals surface area contributed by atoms with E-state index < -0.39 is 17.3 Å². The van der Waals surface area contributed by atoms with Crippen molar-refractivity contribution < 1.29 is 23.0 Å². The van der Waals surface area contributed by atoms with Crippen LogP contribution in [0.3, 0.4) is 0 Å². The highest BCUT2D eigenvalue weighted by Gasteiger charge is 2.38. The predicted octanol–water partition coefficient (Wildman–Crippen LogP) is 5.01. The van der Waals surface area contributed by atoms with Crippen molar-refractivity contribution in [3.8, 4) is 5.75 Å². The van der Waals surface area contributed by atoms with Crippen LogP contribution < -0.4 is 10.5 Å². The number of halogens is 3. The first-order valence-corrected chi connectivity index (χ1v) is 9.53. The maximum absolute atomic E-state index is 13.5. The van der Waals surface area contributed by atoms with Crippen LogP contribution in [0.1, 0.15) is 75.3 Å². The highest BCUT2D eigenvalue weighted by molar-refractivity contribution is 5.41. The van der Waals surface area contributed by atoms with E-state index in [0.717, 1.165) is 32.1 Å². The third-order valence-corrected chi connectivity index (χ3v) is 5.24. The Morgan fingerprint density at radius 2 is 1.96 bits per heavy atom. The van der Waals surface area contributed by atoms with Crippen LogP contribution in [0.4, 0.5) is 13.2 Å². The number of ether oxygens (including phenoxy) is 1. The van der Waals surface area contributed by atoms with Gasteiger partial charge in [-0.25, -0.2) is 0 Å². The van der Waals surface area contributed by atoms with Crippen molar-refractivity contribution in [3.63, 3.8) is 0 Å². The molecule has 0 spiro atoms. The molecule has 2 atom stereocenters. The molecular weight excluding hydrogens is 343 g/mol. The average Bonchev–Trinajstić information content (AvgIpc) is 3.00. The Bertz CT molecular complexity index is 577.